The van der Waals surface area contributed by atoms with Crippen molar-refractivity contribution in [1.29, 1.82) is 0 Å². The van der Waals surface area contributed by atoms with Crippen LogP contribution in [0.4, 0.5) is 0 Å². The molecule has 9 heteroatoms. The van der Waals surface area contributed by atoms with Gasteiger partial charge in [0.15, 0.2) is 9.54 Å². The number of rotatable bonds is 2. The van der Waals surface area contributed by atoms with Crippen LogP contribution in [-0.4, -0.2) is 28.4 Å². The van der Waals surface area contributed by atoms with Crippen molar-refractivity contribution < 1.29 is 8.42 Å². The Hall–Kier alpha value is -2.23. The molecule has 0 amide bonds. The Morgan fingerprint density at radius 1 is 0.652 bits per heavy atom. The standard InChI is InChI=1S/C14H10N4O2S3/c19-23(20,7-1-3-9-11(5-7)17-13(21)15-9)8-2-4-10-12(6-8)18-14(22)16-10/h1-6H,(H2,15,17,21)(H2,16,18,22). The topological polar surface area (TPSA) is 97.3 Å². The molecular formula is C14H10N4O2S3. The Kier molecular flexibility index (Phi) is 3.05. The highest BCUT2D eigenvalue weighted by Gasteiger charge is 2.19. The predicted molar refractivity (Wildman–Crippen MR) is 92.4 cm³/mol. The number of benzene rings is 2. The van der Waals surface area contributed by atoms with Crippen LogP contribution in [0, 0.1) is 9.54 Å². The van der Waals surface area contributed by atoms with Gasteiger partial charge in [-0.2, -0.15) is 0 Å². The molecule has 116 valence electrons. The number of hydrogen-bond donors (Lipinski definition) is 4. The molecular weight excluding hydrogens is 352 g/mol. The van der Waals surface area contributed by atoms with Crippen LogP contribution < -0.4 is 0 Å². The molecule has 0 saturated carbocycles. The van der Waals surface area contributed by atoms with Crippen molar-refractivity contribution in [3.8, 4) is 0 Å². The maximum absolute atomic E-state index is 12.8. The van der Waals surface area contributed by atoms with E-state index in [0.29, 0.717) is 20.6 Å². The van der Waals surface area contributed by atoms with Crippen molar-refractivity contribution in [3.63, 3.8) is 0 Å². The summed E-state index contributed by atoms with van der Waals surface area (Å²) in [6, 6.07) is 9.63. The van der Waals surface area contributed by atoms with E-state index in [9.17, 15) is 8.42 Å². The molecule has 0 fully saturated rings. The van der Waals surface area contributed by atoms with Gasteiger partial charge in [0, 0.05) is 0 Å². The summed E-state index contributed by atoms with van der Waals surface area (Å²) in [5, 5.41) is 0. The first-order valence-electron chi connectivity index (χ1n) is 6.63. The van der Waals surface area contributed by atoms with Crippen molar-refractivity contribution in [3.05, 3.63) is 45.9 Å². The van der Waals surface area contributed by atoms with Crippen molar-refractivity contribution in [2.24, 2.45) is 0 Å². The molecule has 0 spiro atoms. The minimum absolute atomic E-state index is 0.198. The summed E-state index contributed by atoms with van der Waals surface area (Å²) in [6.45, 7) is 0. The van der Waals surface area contributed by atoms with Crippen LogP contribution in [0.3, 0.4) is 0 Å². The molecule has 2 heterocycles. The summed E-state index contributed by atoms with van der Waals surface area (Å²) >= 11 is 10.0. The maximum Gasteiger partial charge on any atom is 0.206 e. The molecule has 0 atom stereocenters. The minimum Gasteiger partial charge on any atom is -0.331 e. The fourth-order valence-corrected chi connectivity index (χ4v) is 4.25. The molecule has 0 aliphatic carbocycles. The quantitative estimate of drug-likeness (QED) is 0.410. The molecule has 0 aliphatic heterocycles. The molecule has 0 bridgehead atoms. The summed E-state index contributed by atoms with van der Waals surface area (Å²) in [6.07, 6.45) is 0. The second-order valence-corrected chi connectivity index (χ2v) is 7.84. The largest absolute Gasteiger partial charge is 0.331 e. The van der Waals surface area contributed by atoms with Gasteiger partial charge in [0.2, 0.25) is 9.84 Å². The fourth-order valence-electron chi connectivity index (χ4n) is 2.49. The second kappa shape index (κ2) is 4.88. The van der Waals surface area contributed by atoms with Crippen LogP contribution in [0.25, 0.3) is 22.1 Å². The number of sulfone groups is 1. The van der Waals surface area contributed by atoms with Gasteiger partial charge in [-0.3, -0.25) is 0 Å². The van der Waals surface area contributed by atoms with E-state index in [1.165, 1.54) is 0 Å². The molecule has 0 radical (unpaired) electrons. The zero-order chi connectivity index (χ0) is 16.2. The van der Waals surface area contributed by atoms with Crippen LogP contribution >= 0.6 is 24.4 Å². The van der Waals surface area contributed by atoms with Gasteiger partial charge in [-0.1, -0.05) is 0 Å². The Balaban J connectivity index is 1.92. The van der Waals surface area contributed by atoms with Crippen LogP contribution in [-0.2, 0) is 9.84 Å². The van der Waals surface area contributed by atoms with Crippen LogP contribution in [0.2, 0.25) is 0 Å². The van der Waals surface area contributed by atoms with Gasteiger partial charge in [-0.05, 0) is 60.8 Å². The lowest BCUT2D eigenvalue weighted by molar-refractivity contribution is 0.596. The Labute approximate surface area is 140 Å². The summed E-state index contributed by atoms with van der Waals surface area (Å²) < 4.78 is 26.6. The zero-order valence-electron chi connectivity index (χ0n) is 11.5. The lowest BCUT2D eigenvalue weighted by Gasteiger charge is -2.05. The lowest BCUT2D eigenvalue weighted by atomic mass is 10.3. The first kappa shape index (κ1) is 14.4. The number of nitrogens with one attached hydrogen (secondary N) is 4. The molecule has 4 rings (SSSR count). The minimum atomic E-state index is -3.64. The maximum atomic E-state index is 12.8. The number of H-pyrrole nitrogens is 4. The SMILES string of the molecule is O=S(=O)(c1ccc2[nH]c(=S)[nH]c2c1)c1ccc2[nH]c(=S)[nH]c2c1. The van der Waals surface area contributed by atoms with E-state index in [1.807, 2.05) is 0 Å². The third-order valence-electron chi connectivity index (χ3n) is 3.60. The zero-order valence-corrected chi connectivity index (χ0v) is 14.0. The summed E-state index contributed by atoms with van der Waals surface area (Å²) in [4.78, 5) is 12.1. The summed E-state index contributed by atoms with van der Waals surface area (Å²) in [5.41, 5.74) is 2.83. The molecule has 6 nitrogen and oxygen atoms in total. The van der Waals surface area contributed by atoms with Crippen molar-refractivity contribution >= 4 is 56.3 Å². The van der Waals surface area contributed by atoms with Crippen LogP contribution in [0.1, 0.15) is 0 Å². The van der Waals surface area contributed by atoms with E-state index >= 15 is 0 Å². The average Bonchev–Trinajstić information content (AvgIpc) is 3.05. The van der Waals surface area contributed by atoms with Gasteiger partial charge >= 0.3 is 0 Å². The molecule has 4 N–H and O–H groups in total. The molecule has 23 heavy (non-hydrogen) atoms. The van der Waals surface area contributed by atoms with Gasteiger partial charge < -0.3 is 19.9 Å². The van der Waals surface area contributed by atoms with Gasteiger partial charge in [0.25, 0.3) is 0 Å². The average molecular weight is 362 g/mol. The van der Waals surface area contributed by atoms with E-state index in [4.69, 9.17) is 24.4 Å². The fraction of sp³-hybridized carbons (Fsp3) is 0. The van der Waals surface area contributed by atoms with Gasteiger partial charge in [0.1, 0.15) is 0 Å². The van der Waals surface area contributed by atoms with Gasteiger partial charge in [-0.25, -0.2) is 8.42 Å². The Morgan fingerprint density at radius 2 is 1.04 bits per heavy atom. The lowest BCUT2D eigenvalue weighted by Crippen LogP contribution is -2.01. The van der Waals surface area contributed by atoms with Crippen molar-refractivity contribution in [1.82, 2.24) is 19.9 Å². The van der Waals surface area contributed by atoms with E-state index in [0.717, 1.165) is 11.0 Å². The van der Waals surface area contributed by atoms with E-state index in [2.05, 4.69) is 19.9 Å². The summed E-state index contributed by atoms with van der Waals surface area (Å²) in [7, 11) is -3.64. The molecule has 0 aliphatic rings. The van der Waals surface area contributed by atoms with Crippen molar-refractivity contribution in [2.75, 3.05) is 0 Å². The van der Waals surface area contributed by atoms with Gasteiger partial charge in [0.05, 0.1) is 31.9 Å². The first-order valence-corrected chi connectivity index (χ1v) is 8.93. The number of aromatic amines is 4. The molecule has 2 aromatic heterocycles. The highest BCUT2D eigenvalue weighted by Crippen LogP contribution is 2.25. The van der Waals surface area contributed by atoms with E-state index < -0.39 is 9.84 Å². The molecule has 0 unspecified atom stereocenters. The number of fused-ring (bicyclic) bond motifs is 2. The van der Waals surface area contributed by atoms with Crippen LogP contribution in [0.5, 0.6) is 0 Å². The third kappa shape index (κ3) is 2.33. The molecule has 0 saturated heterocycles. The Morgan fingerprint density at radius 3 is 1.48 bits per heavy atom. The summed E-state index contributed by atoms with van der Waals surface area (Å²) in [5.74, 6) is 0. The van der Waals surface area contributed by atoms with E-state index in [-0.39, 0.29) is 9.79 Å². The number of hydrogen-bond acceptors (Lipinski definition) is 4. The third-order valence-corrected chi connectivity index (χ3v) is 5.75. The highest BCUT2D eigenvalue weighted by molar-refractivity contribution is 7.91. The Bertz CT molecular complexity index is 1180. The van der Waals surface area contributed by atoms with Crippen molar-refractivity contribution in [2.45, 2.75) is 9.79 Å². The monoisotopic (exact) mass is 362 g/mol. The second-order valence-electron chi connectivity index (χ2n) is 5.08. The molecule has 2 aromatic carbocycles. The van der Waals surface area contributed by atoms with Crippen LogP contribution in [0.15, 0.2) is 46.2 Å². The van der Waals surface area contributed by atoms with Gasteiger partial charge in [-0.15, -0.1) is 0 Å². The molecule has 4 aromatic rings. The first-order chi connectivity index (χ1) is 10.9. The number of aromatic nitrogens is 4. The smallest absolute Gasteiger partial charge is 0.206 e. The number of imidazole rings is 2. The normalized spacial score (nSPS) is 12.2. The van der Waals surface area contributed by atoms with E-state index in [1.54, 1.807) is 36.4 Å². The predicted octanol–water partition coefficient (Wildman–Crippen LogP) is 3.60. The highest BCUT2D eigenvalue weighted by atomic mass is 32.2.